The van der Waals surface area contributed by atoms with Crippen LogP contribution in [0.25, 0.3) is 0 Å². The van der Waals surface area contributed by atoms with Crippen LogP contribution in [0.5, 0.6) is 0 Å². The Kier molecular flexibility index (Phi) is 7.80. The third kappa shape index (κ3) is 5.61. The number of halogens is 1. The predicted octanol–water partition coefficient (Wildman–Crippen LogP) is 2.67. The number of hydrogen-bond acceptors (Lipinski definition) is 5. The van der Waals surface area contributed by atoms with Crippen LogP contribution < -0.4 is 5.32 Å². The highest BCUT2D eigenvalue weighted by molar-refractivity contribution is 9.11. The standard InChI is InChI=1S/C13H23BrN2O3S2/c1-10(2)15-9-11-8-12(13(14)20-11)21(17,18)16(3)6-5-7-19-4/h8,10,15H,5-7,9H2,1-4H3. The molecule has 1 aromatic rings. The Morgan fingerprint density at radius 3 is 2.71 bits per heavy atom. The van der Waals surface area contributed by atoms with Gasteiger partial charge in [-0.25, -0.2) is 12.7 Å². The molecule has 0 spiro atoms. The van der Waals surface area contributed by atoms with E-state index in [0.717, 1.165) is 4.88 Å². The van der Waals surface area contributed by atoms with Gasteiger partial charge in [0.1, 0.15) is 4.90 Å². The molecule has 1 heterocycles. The lowest BCUT2D eigenvalue weighted by atomic mass is 10.4. The van der Waals surface area contributed by atoms with Gasteiger partial charge in [-0.05, 0) is 28.4 Å². The number of sulfonamides is 1. The van der Waals surface area contributed by atoms with Crippen LogP contribution >= 0.6 is 27.3 Å². The maximum atomic E-state index is 12.5. The molecule has 0 unspecified atom stereocenters. The van der Waals surface area contributed by atoms with E-state index in [1.165, 1.54) is 15.6 Å². The fourth-order valence-corrected chi connectivity index (χ4v) is 5.47. The van der Waals surface area contributed by atoms with Crippen LogP contribution in [0.15, 0.2) is 14.7 Å². The molecule has 0 saturated carbocycles. The molecule has 0 aromatic carbocycles. The normalized spacial score (nSPS) is 12.5. The van der Waals surface area contributed by atoms with Crippen molar-refractivity contribution in [2.45, 2.75) is 37.8 Å². The fraction of sp³-hybridized carbons (Fsp3) is 0.692. The molecule has 0 amide bonds. The summed E-state index contributed by atoms with van der Waals surface area (Å²) in [5.41, 5.74) is 0. The van der Waals surface area contributed by atoms with Crippen molar-refractivity contribution in [1.29, 1.82) is 0 Å². The summed E-state index contributed by atoms with van der Waals surface area (Å²) < 4.78 is 32.1. The van der Waals surface area contributed by atoms with Crippen LogP contribution in [0.4, 0.5) is 0 Å². The van der Waals surface area contributed by atoms with Gasteiger partial charge in [-0.2, -0.15) is 0 Å². The zero-order valence-corrected chi connectivity index (χ0v) is 16.1. The first-order valence-corrected chi connectivity index (χ1v) is 9.81. The van der Waals surface area contributed by atoms with Gasteiger partial charge >= 0.3 is 0 Å². The molecule has 122 valence electrons. The van der Waals surface area contributed by atoms with E-state index in [1.807, 2.05) is 0 Å². The molecule has 0 bridgehead atoms. The van der Waals surface area contributed by atoms with Gasteiger partial charge in [-0.1, -0.05) is 13.8 Å². The summed E-state index contributed by atoms with van der Waals surface area (Å²) in [6.07, 6.45) is 0.676. The van der Waals surface area contributed by atoms with Crippen molar-refractivity contribution in [2.75, 3.05) is 27.3 Å². The molecule has 1 N–H and O–H groups in total. The number of nitrogens with one attached hydrogen (secondary N) is 1. The molecule has 0 aliphatic heterocycles. The summed E-state index contributed by atoms with van der Waals surface area (Å²) in [7, 11) is -0.247. The molecule has 0 aliphatic carbocycles. The highest BCUT2D eigenvalue weighted by Crippen LogP contribution is 2.33. The summed E-state index contributed by atoms with van der Waals surface area (Å²) in [6.45, 7) is 5.78. The van der Waals surface area contributed by atoms with Crippen molar-refractivity contribution in [3.8, 4) is 0 Å². The lowest BCUT2D eigenvalue weighted by Gasteiger charge is -2.16. The number of nitrogens with zero attached hydrogens (tertiary/aromatic N) is 1. The summed E-state index contributed by atoms with van der Waals surface area (Å²) in [5.74, 6) is 0. The molecule has 0 fully saturated rings. The summed E-state index contributed by atoms with van der Waals surface area (Å²) in [4.78, 5) is 1.34. The quantitative estimate of drug-likeness (QED) is 0.649. The van der Waals surface area contributed by atoms with Crippen LogP contribution in [0.1, 0.15) is 25.1 Å². The number of thiophene rings is 1. The number of methoxy groups -OCH3 is 1. The third-order valence-electron chi connectivity index (χ3n) is 2.90. The fourth-order valence-electron chi connectivity index (χ4n) is 1.69. The summed E-state index contributed by atoms with van der Waals surface area (Å²) in [5, 5.41) is 3.29. The lowest BCUT2D eigenvalue weighted by Crippen LogP contribution is -2.28. The average molecular weight is 399 g/mol. The summed E-state index contributed by atoms with van der Waals surface area (Å²) >= 11 is 4.82. The Labute approximate surface area is 139 Å². The van der Waals surface area contributed by atoms with E-state index in [0.29, 0.717) is 40.8 Å². The largest absolute Gasteiger partial charge is 0.385 e. The zero-order valence-electron chi connectivity index (χ0n) is 12.8. The molecule has 0 saturated heterocycles. The summed E-state index contributed by atoms with van der Waals surface area (Å²) in [6, 6.07) is 2.11. The van der Waals surface area contributed by atoms with Crippen molar-refractivity contribution >= 4 is 37.3 Å². The van der Waals surface area contributed by atoms with Gasteiger partial charge in [-0.15, -0.1) is 11.3 Å². The van der Waals surface area contributed by atoms with Crippen LogP contribution in [0.3, 0.4) is 0 Å². The Hall–Kier alpha value is 0.01000. The smallest absolute Gasteiger partial charge is 0.244 e. The maximum absolute atomic E-state index is 12.5. The van der Waals surface area contributed by atoms with E-state index >= 15 is 0 Å². The molecule has 8 heteroatoms. The van der Waals surface area contributed by atoms with Crippen LogP contribution in [-0.4, -0.2) is 46.1 Å². The van der Waals surface area contributed by atoms with E-state index < -0.39 is 10.0 Å². The third-order valence-corrected chi connectivity index (χ3v) is 7.01. The molecule has 0 aliphatic rings. The highest BCUT2D eigenvalue weighted by Gasteiger charge is 2.25. The molecule has 5 nitrogen and oxygen atoms in total. The lowest BCUT2D eigenvalue weighted by molar-refractivity contribution is 0.189. The second kappa shape index (κ2) is 8.59. The first-order valence-electron chi connectivity index (χ1n) is 6.76. The number of ether oxygens (including phenoxy) is 1. The zero-order chi connectivity index (χ0) is 16.0. The minimum atomic E-state index is -3.45. The van der Waals surface area contributed by atoms with E-state index in [1.54, 1.807) is 20.2 Å². The predicted molar refractivity (Wildman–Crippen MR) is 90.3 cm³/mol. The van der Waals surface area contributed by atoms with Gasteiger partial charge in [0.2, 0.25) is 10.0 Å². The Balaban J connectivity index is 2.82. The minimum Gasteiger partial charge on any atom is -0.385 e. The molecule has 1 aromatic heterocycles. The van der Waals surface area contributed by atoms with E-state index in [-0.39, 0.29) is 0 Å². The van der Waals surface area contributed by atoms with Crippen LogP contribution in [0.2, 0.25) is 0 Å². The van der Waals surface area contributed by atoms with Crippen molar-refractivity contribution < 1.29 is 13.2 Å². The second-order valence-electron chi connectivity index (χ2n) is 5.06. The maximum Gasteiger partial charge on any atom is 0.244 e. The highest BCUT2D eigenvalue weighted by atomic mass is 79.9. The minimum absolute atomic E-state index is 0.341. The van der Waals surface area contributed by atoms with Gasteiger partial charge in [0.05, 0.1) is 3.79 Å². The monoisotopic (exact) mass is 398 g/mol. The van der Waals surface area contributed by atoms with Crippen LogP contribution in [-0.2, 0) is 21.3 Å². The van der Waals surface area contributed by atoms with Gasteiger partial charge in [-0.3, -0.25) is 0 Å². The van der Waals surface area contributed by atoms with Crippen LogP contribution in [0, 0.1) is 0 Å². The molecular weight excluding hydrogens is 376 g/mol. The van der Waals surface area contributed by atoms with Crippen molar-refractivity contribution in [1.82, 2.24) is 9.62 Å². The second-order valence-corrected chi connectivity index (χ2v) is 9.53. The van der Waals surface area contributed by atoms with Crippen molar-refractivity contribution in [3.63, 3.8) is 0 Å². The topological polar surface area (TPSA) is 58.6 Å². The number of rotatable bonds is 9. The van der Waals surface area contributed by atoms with Gasteiger partial charge in [0.25, 0.3) is 0 Å². The molecule has 21 heavy (non-hydrogen) atoms. The van der Waals surface area contributed by atoms with Crippen molar-refractivity contribution in [3.05, 3.63) is 14.7 Å². The SMILES string of the molecule is COCCCN(C)S(=O)(=O)c1cc(CNC(C)C)sc1Br. The molecule has 0 atom stereocenters. The Morgan fingerprint density at radius 2 is 2.14 bits per heavy atom. The molecule has 0 radical (unpaired) electrons. The first kappa shape index (κ1) is 19.1. The van der Waals surface area contributed by atoms with Gasteiger partial charge in [0, 0.05) is 44.8 Å². The molecule has 1 rings (SSSR count). The average Bonchev–Trinajstić information content (AvgIpc) is 2.78. The molecular formula is C13H23BrN2O3S2. The number of hydrogen-bond donors (Lipinski definition) is 1. The van der Waals surface area contributed by atoms with Gasteiger partial charge in [0.15, 0.2) is 0 Å². The van der Waals surface area contributed by atoms with Gasteiger partial charge < -0.3 is 10.1 Å². The Bertz CT molecular complexity index is 544. The first-order chi connectivity index (χ1) is 9.78. The van der Waals surface area contributed by atoms with E-state index in [4.69, 9.17) is 4.74 Å². The van der Waals surface area contributed by atoms with E-state index in [9.17, 15) is 8.42 Å². The van der Waals surface area contributed by atoms with E-state index in [2.05, 4.69) is 35.1 Å². The Morgan fingerprint density at radius 1 is 1.48 bits per heavy atom. The van der Waals surface area contributed by atoms with Crippen molar-refractivity contribution in [2.24, 2.45) is 0 Å².